The molecular formula is C24H23F3N8O2. The summed E-state index contributed by atoms with van der Waals surface area (Å²) in [5.74, 6) is -0.745. The Bertz CT molecular complexity index is 1420. The van der Waals surface area contributed by atoms with Gasteiger partial charge in [0.25, 0.3) is 0 Å². The smallest absolute Gasteiger partial charge is 0.364 e. The third-order valence-corrected chi connectivity index (χ3v) is 5.75. The van der Waals surface area contributed by atoms with E-state index in [9.17, 15) is 22.8 Å². The van der Waals surface area contributed by atoms with Crippen LogP contribution in [-0.2, 0) is 9.59 Å². The number of carbonyl (C=O) groups is 2. The fourth-order valence-electron chi connectivity index (χ4n) is 3.81. The number of alkyl halides is 3. The Morgan fingerprint density at radius 1 is 1.16 bits per heavy atom. The molecule has 3 heterocycles. The maximum absolute atomic E-state index is 12.8. The van der Waals surface area contributed by atoms with Crippen molar-refractivity contribution in [3.05, 3.63) is 54.7 Å². The number of para-hydroxylation sites is 1. The standard InChI is InChI=1S/C24H23F3N8O2/c1-14-5-4-6-20(34(3)12-21(37)32-15(2)24(25,26)27)22(14)35(13-36)23-29-7-16(8-30-23)17-9-28-11-19-18(17)10-31-33-19/h4-11,13,15H,12H2,1-3H3,(H,31,33)(H,32,37). The molecule has 0 saturated carbocycles. The van der Waals surface area contributed by atoms with E-state index in [1.165, 1.54) is 9.80 Å². The molecule has 0 saturated heterocycles. The number of aryl methyl sites for hydroxylation is 1. The predicted octanol–water partition coefficient (Wildman–Crippen LogP) is 3.52. The monoisotopic (exact) mass is 512 g/mol. The number of H-pyrrole nitrogens is 1. The molecule has 4 aromatic rings. The molecular weight excluding hydrogens is 489 g/mol. The van der Waals surface area contributed by atoms with Crippen LogP contribution >= 0.6 is 0 Å². The lowest BCUT2D eigenvalue weighted by Gasteiger charge is -2.27. The second-order valence-corrected chi connectivity index (χ2v) is 8.39. The van der Waals surface area contributed by atoms with E-state index < -0.39 is 18.1 Å². The predicted molar refractivity (Wildman–Crippen MR) is 131 cm³/mol. The molecule has 0 aliphatic carbocycles. The van der Waals surface area contributed by atoms with Gasteiger partial charge >= 0.3 is 6.18 Å². The molecule has 0 bridgehead atoms. The summed E-state index contributed by atoms with van der Waals surface area (Å²) in [6.07, 6.45) is 4.06. The zero-order chi connectivity index (χ0) is 26.7. The molecule has 10 nitrogen and oxygen atoms in total. The summed E-state index contributed by atoms with van der Waals surface area (Å²) in [4.78, 5) is 40.1. The number of aromatic nitrogens is 5. The number of rotatable bonds is 8. The average Bonchev–Trinajstić information content (AvgIpc) is 3.34. The summed E-state index contributed by atoms with van der Waals surface area (Å²) in [5, 5.41) is 9.64. The lowest BCUT2D eigenvalue weighted by molar-refractivity contribution is -0.157. The second-order valence-electron chi connectivity index (χ2n) is 8.39. The molecule has 37 heavy (non-hydrogen) atoms. The van der Waals surface area contributed by atoms with E-state index in [-0.39, 0.29) is 12.5 Å². The number of fused-ring (bicyclic) bond motifs is 1. The van der Waals surface area contributed by atoms with E-state index in [1.807, 2.05) is 5.32 Å². The van der Waals surface area contributed by atoms with Crippen molar-refractivity contribution in [1.29, 1.82) is 0 Å². The van der Waals surface area contributed by atoms with Crippen LogP contribution in [0.4, 0.5) is 30.5 Å². The Labute approximate surface area is 209 Å². The average molecular weight is 512 g/mol. The van der Waals surface area contributed by atoms with Gasteiger partial charge in [0.15, 0.2) is 0 Å². The highest BCUT2D eigenvalue weighted by Crippen LogP contribution is 2.35. The number of anilines is 3. The molecule has 1 aromatic carbocycles. The highest BCUT2D eigenvalue weighted by atomic mass is 19.4. The van der Waals surface area contributed by atoms with Crippen LogP contribution in [0.15, 0.2) is 49.2 Å². The van der Waals surface area contributed by atoms with E-state index in [2.05, 4.69) is 25.1 Å². The molecule has 2 amide bonds. The van der Waals surface area contributed by atoms with Gasteiger partial charge in [0.1, 0.15) is 6.04 Å². The SMILES string of the molecule is Cc1cccc(N(C)CC(=O)NC(C)C(F)(F)F)c1N(C=O)c1ncc(-c2cncc3[nH]ncc23)cn1. The number of aromatic amines is 1. The summed E-state index contributed by atoms with van der Waals surface area (Å²) in [6.45, 7) is 2.26. The van der Waals surface area contributed by atoms with Crippen LogP contribution in [0.1, 0.15) is 12.5 Å². The van der Waals surface area contributed by atoms with Crippen molar-refractivity contribution in [2.45, 2.75) is 26.1 Å². The van der Waals surface area contributed by atoms with Crippen LogP contribution in [0.2, 0.25) is 0 Å². The summed E-state index contributed by atoms with van der Waals surface area (Å²) < 4.78 is 38.5. The van der Waals surface area contributed by atoms with Gasteiger partial charge in [-0.1, -0.05) is 12.1 Å². The minimum Gasteiger partial charge on any atom is -0.364 e. The Morgan fingerprint density at radius 2 is 1.89 bits per heavy atom. The van der Waals surface area contributed by atoms with Crippen LogP contribution in [0, 0.1) is 6.92 Å². The van der Waals surface area contributed by atoms with Crippen molar-refractivity contribution in [2.75, 3.05) is 23.4 Å². The number of amides is 2. The minimum atomic E-state index is -4.56. The minimum absolute atomic E-state index is 0.0742. The van der Waals surface area contributed by atoms with Gasteiger partial charge in [-0.15, -0.1) is 0 Å². The summed E-state index contributed by atoms with van der Waals surface area (Å²) in [7, 11) is 1.54. The van der Waals surface area contributed by atoms with Gasteiger partial charge in [-0.25, -0.2) is 14.9 Å². The largest absolute Gasteiger partial charge is 0.408 e. The zero-order valence-electron chi connectivity index (χ0n) is 20.1. The van der Waals surface area contributed by atoms with Crippen LogP contribution < -0.4 is 15.1 Å². The van der Waals surface area contributed by atoms with Crippen molar-refractivity contribution in [2.24, 2.45) is 0 Å². The number of benzene rings is 1. The molecule has 0 aliphatic heterocycles. The number of likely N-dealkylation sites (N-methyl/N-ethyl adjacent to an activating group) is 1. The van der Waals surface area contributed by atoms with Gasteiger partial charge < -0.3 is 10.2 Å². The third kappa shape index (κ3) is 5.34. The Balaban J connectivity index is 1.62. The fraction of sp³-hybridized carbons (Fsp3) is 0.250. The van der Waals surface area contributed by atoms with Gasteiger partial charge in [0.05, 0.1) is 35.8 Å². The first-order valence-electron chi connectivity index (χ1n) is 11.1. The molecule has 0 fully saturated rings. The Kier molecular flexibility index (Phi) is 7.05. The fourth-order valence-corrected chi connectivity index (χ4v) is 3.81. The topological polar surface area (TPSA) is 120 Å². The van der Waals surface area contributed by atoms with Gasteiger partial charge in [-0.3, -0.25) is 19.7 Å². The van der Waals surface area contributed by atoms with Crippen molar-refractivity contribution in [3.63, 3.8) is 0 Å². The number of hydrogen-bond donors (Lipinski definition) is 2. The van der Waals surface area contributed by atoms with E-state index in [0.717, 1.165) is 23.4 Å². The highest BCUT2D eigenvalue weighted by molar-refractivity contribution is 5.95. The molecule has 1 unspecified atom stereocenters. The van der Waals surface area contributed by atoms with Gasteiger partial charge in [0.2, 0.25) is 18.3 Å². The quantitative estimate of drug-likeness (QED) is 0.347. The van der Waals surface area contributed by atoms with Crippen LogP contribution in [0.5, 0.6) is 0 Å². The number of hydrogen-bond acceptors (Lipinski definition) is 7. The van der Waals surface area contributed by atoms with Crippen molar-refractivity contribution < 1.29 is 22.8 Å². The molecule has 4 rings (SSSR count). The zero-order valence-corrected chi connectivity index (χ0v) is 20.1. The molecule has 0 spiro atoms. The first-order valence-corrected chi connectivity index (χ1v) is 11.1. The first kappa shape index (κ1) is 25.5. The summed E-state index contributed by atoms with van der Waals surface area (Å²) >= 11 is 0. The van der Waals surface area contributed by atoms with Gasteiger partial charge in [-0.2, -0.15) is 18.3 Å². The molecule has 13 heteroatoms. The third-order valence-electron chi connectivity index (χ3n) is 5.75. The molecule has 3 aromatic heterocycles. The maximum Gasteiger partial charge on any atom is 0.408 e. The molecule has 192 valence electrons. The van der Waals surface area contributed by atoms with Gasteiger partial charge in [0, 0.05) is 42.2 Å². The van der Waals surface area contributed by atoms with Crippen LogP contribution in [-0.4, -0.2) is 63.3 Å². The van der Waals surface area contributed by atoms with Crippen molar-refractivity contribution in [1.82, 2.24) is 30.5 Å². The van der Waals surface area contributed by atoms with Crippen molar-refractivity contribution in [3.8, 4) is 11.1 Å². The lowest BCUT2D eigenvalue weighted by atomic mass is 10.1. The summed E-state index contributed by atoms with van der Waals surface area (Å²) in [5.41, 5.74) is 3.65. The number of nitrogens with zero attached hydrogens (tertiary/aromatic N) is 6. The Hall–Kier alpha value is -4.55. The van der Waals surface area contributed by atoms with Crippen LogP contribution in [0.25, 0.3) is 22.0 Å². The lowest BCUT2D eigenvalue weighted by Crippen LogP contribution is -2.46. The van der Waals surface area contributed by atoms with E-state index in [4.69, 9.17) is 0 Å². The molecule has 0 aliphatic rings. The number of carbonyl (C=O) groups excluding carboxylic acids is 2. The number of nitrogens with one attached hydrogen (secondary N) is 2. The summed E-state index contributed by atoms with van der Waals surface area (Å²) in [6, 6.07) is 3.13. The molecule has 0 radical (unpaired) electrons. The van der Waals surface area contributed by atoms with Crippen LogP contribution in [0.3, 0.4) is 0 Å². The normalized spacial score (nSPS) is 12.3. The molecule has 1 atom stereocenters. The second kappa shape index (κ2) is 10.2. The van der Waals surface area contributed by atoms with Gasteiger partial charge in [-0.05, 0) is 25.5 Å². The first-order chi connectivity index (χ1) is 17.6. The Morgan fingerprint density at radius 3 is 2.57 bits per heavy atom. The maximum atomic E-state index is 12.8. The van der Waals surface area contributed by atoms with E-state index in [0.29, 0.717) is 28.9 Å². The van der Waals surface area contributed by atoms with E-state index >= 15 is 0 Å². The highest BCUT2D eigenvalue weighted by Gasteiger charge is 2.37. The molecule has 2 N–H and O–H groups in total. The number of pyridine rings is 1. The van der Waals surface area contributed by atoms with Crippen molar-refractivity contribution >= 4 is 40.5 Å². The number of halogens is 3. The van der Waals surface area contributed by atoms with E-state index in [1.54, 1.807) is 63.2 Å².